The lowest BCUT2D eigenvalue weighted by atomic mass is 10.2. The van der Waals surface area contributed by atoms with E-state index < -0.39 is 0 Å². The molecule has 2 amide bonds. The molecular formula is C15H14N4O3S. The van der Waals surface area contributed by atoms with Gasteiger partial charge in [0.1, 0.15) is 17.0 Å². The molecule has 0 saturated heterocycles. The lowest BCUT2D eigenvalue weighted by Gasteiger charge is -2.12. The van der Waals surface area contributed by atoms with Gasteiger partial charge in [-0.25, -0.2) is 4.79 Å². The summed E-state index contributed by atoms with van der Waals surface area (Å²) in [5.74, 6) is 1.16. The Bertz CT molecular complexity index is 850. The zero-order valence-corrected chi connectivity index (χ0v) is 13.3. The zero-order chi connectivity index (χ0) is 16.2. The van der Waals surface area contributed by atoms with Crippen molar-refractivity contribution in [3.05, 3.63) is 36.4 Å². The molecule has 23 heavy (non-hydrogen) atoms. The largest absolute Gasteiger partial charge is 0.497 e. The Morgan fingerprint density at radius 1 is 1.09 bits per heavy atom. The summed E-state index contributed by atoms with van der Waals surface area (Å²) >= 11 is 1.31. The van der Waals surface area contributed by atoms with Gasteiger partial charge in [0.2, 0.25) is 0 Å². The molecule has 2 N–H and O–H groups in total. The maximum atomic E-state index is 12.2. The number of rotatable bonds is 4. The zero-order valence-electron chi connectivity index (χ0n) is 12.5. The molecule has 0 bridgehead atoms. The predicted octanol–water partition coefficient (Wildman–Crippen LogP) is 3.35. The lowest BCUT2D eigenvalue weighted by Crippen LogP contribution is -2.19. The highest BCUT2D eigenvalue weighted by Gasteiger charge is 2.10. The Kier molecular flexibility index (Phi) is 4.24. The maximum Gasteiger partial charge on any atom is 0.323 e. The first-order valence-corrected chi connectivity index (χ1v) is 7.49. The average molecular weight is 330 g/mol. The van der Waals surface area contributed by atoms with Crippen LogP contribution < -0.4 is 20.1 Å². The van der Waals surface area contributed by atoms with E-state index in [1.54, 1.807) is 37.4 Å². The van der Waals surface area contributed by atoms with Gasteiger partial charge in [-0.3, -0.25) is 0 Å². The molecule has 0 unspecified atom stereocenters. The van der Waals surface area contributed by atoms with Crippen molar-refractivity contribution < 1.29 is 14.3 Å². The Labute approximate surface area is 136 Å². The number of hydrogen-bond donors (Lipinski definition) is 2. The molecule has 118 valence electrons. The third-order valence-corrected chi connectivity index (χ3v) is 3.86. The summed E-state index contributed by atoms with van der Waals surface area (Å²) in [4.78, 5) is 12.2. The van der Waals surface area contributed by atoms with Crippen molar-refractivity contribution in [2.45, 2.75) is 0 Å². The van der Waals surface area contributed by atoms with Crippen LogP contribution in [0, 0.1) is 0 Å². The second-order valence-corrected chi connectivity index (χ2v) is 5.39. The van der Waals surface area contributed by atoms with Crippen LogP contribution in [0.3, 0.4) is 0 Å². The number of fused-ring (bicyclic) bond motifs is 1. The van der Waals surface area contributed by atoms with Crippen LogP contribution in [0.1, 0.15) is 0 Å². The van der Waals surface area contributed by atoms with Crippen LogP contribution in [-0.2, 0) is 0 Å². The summed E-state index contributed by atoms with van der Waals surface area (Å²) in [5, 5.41) is 9.47. The molecule has 0 radical (unpaired) electrons. The maximum absolute atomic E-state index is 12.2. The molecule has 0 aliphatic rings. The molecule has 0 fully saturated rings. The van der Waals surface area contributed by atoms with Gasteiger partial charge >= 0.3 is 6.03 Å². The quantitative estimate of drug-likeness (QED) is 0.766. The van der Waals surface area contributed by atoms with Crippen LogP contribution in [0.5, 0.6) is 11.5 Å². The van der Waals surface area contributed by atoms with Crippen LogP contribution in [0.15, 0.2) is 36.4 Å². The molecule has 0 saturated carbocycles. The Morgan fingerprint density at radius 3 is 2.74 bits per heavy atom. The molecule has 7 nitrogen and oxygen atoms in total. The van der Waals surface area contributed by atoms with E-state index in [1.807, 2.05) is 6.07 Å². The summed E-state index contributed by atoms with van der Waals surface area (Å²) in [6.07, 6.45) is 0. The summed E-state index contributed by atoms with van der Waals surface area (Å²) in [7, 11) is 3.09. The van der Waals surface area contributed by atoms with Crippen molar-refractivity contribution in [3.8, 4) is 11.5 Å². The lowest BCUT2D eigenvalue weighted by molar-refractivity contribution is 0.262. The van der Waals surface area contributed by atoms with E-state index in [2.05, 4.69) is 20.2 Å². The molecular weight excluding hydrogens is 316 g/mol. The van der Waals surface area contributed by atoms with Gasteiger partial charge in [-0.2, -0.15) is 0 Å². The van der Waals surface area contributed by atoms with Gasteiger partial charge in [-0.1, -0.05) is 4.49 Å². The highest BCUT2D eigenvalue weighted by Crippen LogP contribution is 2.29. The molecule has 8 heteroatoms. The smallest absolute Gasteiger partial charge is 0.323 e. The molecule has 0 aliphatic carbocycles. The SMILES string of the molecule is COc1ccc(OC)c(NC(=O)Nc2ccc3snnc3c2)c1. The number of benzene rings is 2. The Balaban J connectivity index is 1.76. The minimum absolute atomic E-state index is 0.390. The molecule has 0 spiro atoms. The molecule has 3 rings (SSSR count). The number of methoxy groups -OCH3 is 2. The van der Waals surface area contributed by atoms with E-state index in [0.29, 0.717) is 22.9 Å². The first-order chi connectivity index (χ1) is 11.2. The van der Waals surface area contributed by atoms with Crippen molar-refractivity contribution in [1.29, 1.82) is 0 Å². The number of carbonyl (C=O) groups is 1. The summed E-state index contributed by atoms with van der Waals surface area (Å²) < 4.78 is 15.2. The van der Waals surface area contributed by atoms with E-state index in [1.165, 1.54) is 18.6 Å². The fourth-order valence-corrected chi connectivity index (χ4v) is 2.59. The van der Waals surface area contributed by atoms with Crippen molar-refractivity contribution in [2.24, 2.45) is 0 Å². The standard InChI is InChI=1S/C15H14N4O3S/c1-21-10-4-5-13(22-2)11(8-10)17-15(20)16-9-3-6-14-12(7-9)18-19-23-14/h3-8H,1-2H3,(H2,16,17,20). The van der Waals surface area contributed by atoms with E-state index in [4.69, 9.17) is 9.47 Å². The molecule has 2 aromatic carbocycles. The van der Waals surface area contributed by atoms with Crippen LogP contribution in [0.4, 0.5) is 16.2 Å². The summed E-state index contributed by atoms with van der Waals surface area (Å²) in [6.45, 7) is 0. The minimum Gasteiger partial charge on any atom is -0.497 e. The Hall–Kier alpha value is -2.87. The van der Waals surface area contributed by atoms with Crippen LogP contribution in [0.25, 0.3) is 10.2 Å². The van der Waals surface area contributed by atoms with E-state index in [9.17, 15) is 4.79 Å². The molecule has 1 aromatic heterocycles. The number of hydrogen-bond acceptors (Lipinski definition) is 6. The van der Waals surface area contributed by atoms with E-state index >= 15 is 0 Å². The van der Waals surface area contributed by atoms with Crippen molar-refractivity contribution in [3.63, 3.8) is 0 Å². The molecule has 3 aromatic rings. The average Bonchev–Trinajstić information content (AvgIpc) is 3.02. The van der Waals surface area contributed by atoms with Crippen molar-refractivity contribution in [2.75, 3.05) is 24.9 Å². The minimum atomic E-state index is -0.390. The fourth-order valence-electron chi connectivity index (χ4n) is 2.06. The number of urea groups is 1. The first-order valence-electron chi connectivity index (χ1n) is 6.72. The van der Waals surface area contributed by atoms with Gasteiger partial charge in [0, 0.05) is 11.8 Å². The third kappa shape index (κ3) is 3.32. The number of aromatic nitrogens is 2. The predicted molar refractivity (Wildman–Crippen MR) is 89.6 cm³/mol. The Morgan fingerprint density at radius 2 is 1.96 bits per heavy atom. The number of nitrogens with zero attached hydrogens (tertiary/aromatic N) is 2. The topological polar surface area (TPSA) is 85.4 Å². The number of ether oxygens (including phenoxy) is 2. The van der Waals surface area contributed by atoms with Crippen molar-refractivity contribution >= 4 is 39.2 Å². The number of nitrogens with one attached hydrogen (secondary N) is 2. The monoisotopic (exact) mass is 330 g/mol. The highest BCUT2D eigenvalue weighted by atomic mass is 32.1. The molecule has 0 atom stereocenters. The number of amides is 2. The highest BCUT2D eigenvalue weighted by molar-refractivity contribution is 7.12. The second kappa shape index (κ2) is 6.49. The first kappa shape index (κ1) is 15.0. The van der Waals surface area contributed by atoms with Gasteiger partial charge in [0.15, 0.2) is 0 Å². The normalized spacial score (nSPS) is 10.3. The second-order valence-electron chi connectivity index (χ2n) is 4.60. The van der Waals surface area contributed by atoms with Gasteiger partial charge in [-0.05, 0) is 41.9 Å². The van der Waals surface area contributed by atoms with Crippen molar-refractivity contribution in [1.82, 2.24) is 9.59 Å². The van der Waals surface area contributed by atoms with E-state index in [0.717, 1.165) is 10.2 Å². The van der Waals surface area contributed by atoms with Crippen LogP contribution in [-0.4, -0.2) is 29.8 Å². The number of carbonyl (C=O) groups excluding carboxylic acids is 1. The third-order valence-electron chi connectivity index (χ3n) is 3.16. The summed E-state index contributed by atoms with van der Waals surface area (Å²) in [6, 6.07) is 10.2. The van der Waals surface area contributed by atoms with Gasteiger partial charge in [0.25, 0.3) is 0 Å². The number of anilines is 2. The van der Waals surface area contributed by atoms with Gasteiger partial charge < -0.3 is 20.1 Å². The van der Waals surface area contributed by atoms with Gasteiger partial charge in [0.05, 0.1) is 24.6 Å². The van der Waals surface area contributed by atoms with Crippen LogP contribution >= 0.6 is 11.5 Å². The van der Waals surface area contributed by atoms with Crippen LogP contribution in [0.2, 0.25) is 0 Å². The van der Waals surface area contributed by atoms with Gasteiger partial charge in [-0.15, -0.1) is 5.10 Å². The fraction of sp³-hybridized carbons (Fsp3) is 0.133. The van der Waals surface area contributed by atoms with E-state index in [-0.39, 0.29) is 6.03 Å². The molecule has 1 heterocycles. The summed E-state index contributed by atoms with van der Waals surface area (Å²) in [5.41, 5.74) is 1.89. The molecule has 0 aliphatic heterocycles.